The number of hydrogen-bond acceptors (Lipinski definition) is 1. The van der Waals surface area contributed by atoms with Crippen LogP contribution in [0.1, 0.15) is 33.1 Å². The van der Waals surface area contributed by atoms with Crippen LogP contribution >= 0.6 is 0 Å². The second-order valence-corrected chi connectivity index (χ2v) is 3.95. The zero-order valence-corrected chi connectivity index (χ0v) is 8.21. The lowest BCUT2D eigenvalue weighted by Gasteiger charge is -2.19. The molecule has 12 heavy (non-hydrogen) atoms. The van der Waals surface area contributed by atoms with Crippen LogP contribution in [0.15, 0.2) is 17.1 Å². The summed E-state index contributed by atoms with van der Waals surface area (Å²) in [6, 6.07) is 0. The molecule has 0 fully saturated rings. The molecule has 1 heterocycles. The summed E-state index contributed by atoms with van der Waals surface area (Å²) in [4.78, 5) is 4.37. The largest absolute Gasteiger partial charge is 0.293 e. The Bertz CT molecular complexity index is 181. The van der Waals surface area contributed by atoms with Gasteiger partial charge in [0.15, 0.2) is 0 Å². The summed E-state index contributed by atoms with van der Waals surface area (Å²) in [7, 11) is 0. The molecule has 0 saturated carbocycles. The van der Waals surface area contributed by atoms with Crippen molar-refractivity contribution in [3.63, 3.8) is 0 Å². The first kappa shape index (κ1) is 9.50. The van der Waals surface area contributed by atoms with Crippen LogP contribution in [0.5, 0.6) is 0 Å². The van der Waals surface area contributed by atoms with Crippen LogP contribution in [0.4, 0.5) is 0 Å². The molecule has 0 radical (unpaired) electrons. The molecule has 1 heteroatoms. The van der Waals surface area contributed by atoms with Crippen molar-refractivity contribution in [3.05, 3.63) is 12.2 Å². The quantitative estimate of drug-likeness (QED) is 0.529. The van der Waals surface area contributed by atoms with E-state index in [9.17, 15) is 0 Å². The SMILES string of the molecule is C=C1CN=C[C@H](CC)C[C@H](C)C1. The van der Waals surface area contributed by atoms with Gasteiger partial charge in [-0.3, -0.25) is 4.99 Å². The van der Waals surface area contributed by atoms with E-state index in [4.69, 9.17) is 0 Å². The summed E-state index contributed by atoms with van der Waals surface area (Å²) in [6.07, 6.45) is 5.79. The molecule has 0 aromatic carbocycles. The first-order valence-electron chi connectivity index (χ1n) is 4.89. The van der Waals surface area contributed by atoms with Gasteiger partial charge in [-0.25, -0.2) is 0 Å². The van der Waals surface area contributed by atoms with Crippen LogP contribution in [0, 0.1) is 11.8 Å². The first-order chi connectivity index (χ1) is 5.72. The normalized spacial score (nSPS) is 31.3. The second kappa shape index (κ2) is 4.44. The molecule has 1 aliphatic rings. The van der Waals surface area contributed by atoms with Gasteiger partial charge in [0.05, 0.1) is 6.54 Å². The lowest BCUT2D eigenvalue weighted by Crippen LogP contribution is -2.11. The fraction of sp³-hybridized carbons (Fsp3) is 0.727. The Morgan fingerprint density at radius 3 is 3.08 bits per heavy atom. The second-order valence-electron chi connectivity index (χ2n) is 3.95. The van der Waals surface area contributed by atoms with E-state index in [-0.39, 0.29) is 0 Å². The minimum atomic E-state index is 0.702. The van der Waals surface area contributed by atoms with Crippen molar-refractivity contribution in [2.24, 2.45) is 16.8 Å². The molecular formula is C11H19N. The van der Waals surface area contributed by atoms with Gasteiger partial charge in [-0.15, -0.1) is 0 Å². The van der Waals surface area contributed by atoms with Crippen molar-refractivity contribution in [2.45, 2.75) is 33.1 Å². The van der Waals surface area contributed by atoms with Gasteiger partial charge < -0.3 is 0 Å². The predicted octanol–water partition coefficient (Wildman–Crippen LogP) is 3.07. The minimum absolute atomic E-state index is 0.702. The molecule has 0 unspecified atom stereocenters. The summed E-state index contributed by atoms with van der Waals surface area (Å²) in [5, 5.41) is 0. The molecule has 1 rings (SSSR count). The van der Waals surface area contributed by atoms with E-state index in [2.05, 4.69) is 31.6 Å². The lowest BCUT2D eigenvalue weighted by molar-refractivity contribution is 0.449. The standard InChI is InChI=1S/C11H19N/c1-4-11-6-9(2)5-10(3)7-12-8-11/h8-9,11H,3-7H2,1-2H3/t9-,11-/m1/s1. The molecule has 0 amide bonds. The Morgan fingerprint density at radius 1 is 1.67 bits per heavy atom. The Morgan fingerprint density at radius 2 is 2.42 bits per heavy atom. The van der Waals surface area contributed by atoms with E-state index < -0.39 is 0 Å². The highest BCUT2D eigenvalue weighted by atomic mass is 14.7. The molecule has 0 N–H and O–H groups in total. The maximum Gasteiger partial charge on any atom is 0.0593 e. The molecule has 0 bridgehead atoms. The van der Waals surface area contributed by atoms with E-state index in [1.54, 1.807) is 0 Å². The molecule has 1 aliphatic heterocycles. The Balaban J connectivity index is 2.57. The fourth-order valence-corrected chi connectivity index (χ4v) is 1.82. The molecule has 1 nitrogen and oxygen atoms in total. The summed E-state index contributed by atoms with van der Waals surface area (Å²) < 4.78 is 0. The predicted molar refractivity (Wildman–Crippen MR) is 54.7 cm³/mol. The highest BCUT2D eigenvalue weighted by Gasteiger charge is 2.12. The highest BCUT2D eigenvalue weighted by molar-refractivity contribution is 5.61. The van der Waals surface area contributed by atoms with E-state index in [0.717, 1.165) is 18.9 Å². The van der Waals surface area contributed by atoms with Gasteiger partial charge in [-0.05, 0) is 31.1 Å². The van der Waals surface area contributed by atoms with Crippen molar-refractivity contribution in [3.8, 4) is 0 Å². The van der Waals surface area contributed by atoms with Crippen molar-refractivity contribution in [1.82, 2.24) is 0 Å². The molecule has 68 valence electrons. The van der Waals surface area contributed by atoms with Crippen molar-refractivity contribution in [1.29, 1.82) is 0 Å². The maximum atomic E-state index is 4.37. The smallest absolute Gasteiger partial charge is 0.0593 e. The van der Waals surface area contributed by atoms with Crippen molar-refractivity contribution < 1.29 is 0 Å². The lowest BCUT2D eigenvalue weighted by atomic mass is 9.89. The highest BCUT2D eigenvalue weighted by Crippen LogP contribution is 2.22. The summed E-state index contributed by atoms with van der Waals surface area (Å²) >= 11 is 0. The fourth-order valence-electron chi connectivity index (χ4n) is 1.82. The monoisotopic (exact) mass is 165 g/mol. The van der Waals surface area contributed by atoms with Crippen LogP contribution < -0.4 is 0 Å². The molecule has 0 spiro atoms. The van der Waals surface area contributed by atoms with E-state index in [1.165, 1.54) is 18.4 Å². The third-order valence-corrected chi connectivity index (χ3v) is 2.50. The molecular weight excluding hydrogens is 146 g/mol. The number of nitrogens with zero attached hydrogens (tertiary/aromatic N) is 1. The zero-order valence-electron chi connectivity index (χ0n) is 8.21. The Hall–Kier alpha value is -0.590. The van der Waals surface area contributed by atoms with Gasteiger partial charge in [0.2, 0.25) is 0 Å². The minimum Gasteiger partial charge on any atom is -0.293 e. The third kappa shape index (κ3) is 2.80. The van der Waals surface area contributed by atoms with Gasteiger partial charge in [0.25, 0.3) is 0 Å². The van der Waals surface area contributed by atoms with E-state index >= 15 is 0 Å². The third-order valence-electron chi connectivity index (χ3n) is 2.50. The molecule has 0 aromatic rings. The average Bonchev–Trinajstić information content (AvgIpc) is 1.99. The van der Waals surface area contributed by atoms with Crippen LogP contribution in [0.25, 0.3) is 0 Å². The van der Waals surface area contributed by atoms with Crippen LogP contribution in [0.2, 0.25) is 0 Å². The average molecular weight is 165 g/mol. The summed E-state index contributed by atoms with van der Waals surface area (Å²) in [5.74, 6) is 1.49. The van der Waals surface area contributed by atoms with Crippen LogP contribution in [-0.2, 0) is 0 Å². The van der Waals surface area contributed by atoms with E-state index in [0.29, 0.717) is 5.92 Å². The molecule has 0 aromatic heterocycles. The molecule has 0 aliphatic carbocycles. The van der Waals surface area contributed by atoms with Crippen molar-refractivity contribution >= 4 is 6.21 Å². The van der Waals surface area contributed by atoms with Gasteiger partial charge in [0, 0.05) is 6.21 Å². The van der Waals surface area contributed by atoms with Gasteiger partial charge in [-0.1, -0.05) is 26.0 Å². The molecule has 2 atom stereocenters. The van der Waals surface area contributed by atoms with Crippen molar-refractivity contribution in [2.75, 3.05) is 6.54 Å². The Kier molecular flexibility index (Phi) is 3.51. The van der Waals surface area contributed by atoms with Gasteiger partial charge in [-0.2, -0.15) is 0 Å². The number of aliphatic imine (C=N–C) groups is 1. The Labute approximate surface area is 75.6 Å². The first-order valence-corrected chi connectivity index (χ1v) is 4.89. The number of rotatable bonds is 1. The molecule has 0 saturated heterocycles. The topological polar surface area (TPSA) is 12.4 Å². The number of hydrogen-bond donors (Lipinski definition) is 0. The van der Waals surface area contributed by atoms with Crippen LogP contribution in [0.3, 0.4) is 0 Å². The van der Waals surface area contributed by atoms with Gasteiger partial charge in [0.1, 0.15) is 0 Å². The van der Waals surface area contributed by atoms with Gasteiger partial charge >= 0.3 is 0 Å². The zero-order chi connectivity index (χ0) is 8.97. The summed E-state index contributed by atoms with van der Waals surface area (Å²) in [6.45, 7) is 9.40. The van der Waals surface area contributed by atoms with E-state index in [1.807, 2.05) is 0 Å². The maximum absolute atomic E-state index is 4.37. The summed E-state index contributed by atoms with van der Waals surface area (Å²) in [5.41, 5.74) is 1.29. The van der Waals surface area contributed by atoms with Crippen LogP contribution in [-0.4, -0.2) is 12.8 Å².